The zero-order chi connectivity index (χ0) is 74.8. The van der Waals surface area contributed by atoms with Gasteiger partial charge in [-0.15, -0.1) is 0 Å². The van der Waals surface area contributed by atoms with E-state index < -0.39 is 97.5 Å². The molecule has 0 spiro atoms. The van der Waals surface area contributed by atoms with E-state index in [1.807, 2.05) is 0 Å². The van der Waals surface area contributed by atoms with Crippen molar-refractivity contribution in [3.8, 4) is 0 Å². The van der Waals surface area contributed by atoms with Gasteiger partial charge in [-0.25, -0.2) is 9.13 Å². The Labute approximate surface area is 626 Å². The number of hydrogen-bond acceptors (Lipinski definition) is 15. The number of aliphatic hydroxyl groups excluding tert-OH is 1. The summed E-state index contributed by atoms with van der Waals surface area (Å²) >= 11 is 0. The average molecular weight is 1490 g/mol. The van der Waals surface area contributed by atoms with Crippen molar-refractivity contribution in [2.24, 2.45) is 5.92 Å². The minimum Gasteiger partial charge on any atom is -0.462 e. The SMILES string of the molecule is CCCCCCCCCCCCCCCCCCCCCC(=O)O[C@H](COC(=O)CCCCCCCCCCCCCCCCCC)COP(=O)(O)OC[C@@H](O)COP(=O)(O)OC[C@@H](COC(=O)CCCCCCCCCCC(C)C)OC(=O)CCCCCCCCCCCCCCCCCC. The van der Waals surface area contributed by atoms with Gasteiger partial charge in [-0.1, -0.05) is 394 Å². The van der Waals surface area contributed by atoms with Crippen LogP contribution >= 0.6 is 15.6 Å². The first kappa shape index (κ1) is 100. The van der Waals surface area contributed by atoms with Crippen LogP contribution in [0.5, 0.6) is 0 Å². The third kappa shape index (κ3) is 76.3. The van der Waals surface area contributed by atoms with Gasteiger partial charge in [0.1, 0.15) is 19.3 Å². The predicted octanol–water partition coefficient (Wildman–Crippen LogP) is 25.2. The molecule has 0 bridgehead atoms. The van der Waals surface area contributed by atoms with Gasteiger partial charge < -0.3 is 33.8 Å². The highest BCUT2D eigenvalue weighted by Gasteiger charge is 2.30. The average Bonchev–Trinajstić information content (AvgIpc) is 0.918. The van der Waals surface area contributed by atoms with Crippen LogP contribution in [0.15, 0.2) is 0 Å². The Kier molecular flexibility index (Phi) is 74.4. The molecule has 0 heterocycles. The van der Waals surface area contributed by atoms with E-state index >= 15 is 0 Å². The molecule has 102 heavy (non-hydrogen) atoms. The molecule has 0 aliphatic rings. The van der Waals surface area contributed by atoms with Gasteiger partial charge in [0.25, 0.3) is 0 Å². The summed E-state index contributed by atoms with van der Waals surface area (Å²) in [5.74, 6) is -1.38. The molecule has 17 nitrogen and oxygen atoms in total. The number of ether oxygens (including phenoxy) is 4. The van der Waals surface area contributed by atoms with E-state index in [9.17, 15) is 43.2 Å². The lowest BCUT2D eigenvalue weighted by atomic mass is 10.0. The molecule has 0 aromatic heterocycles. The van der Waals surface area contributed by atoms with Gasteiger partial charge in [-0.2, -0.15) is 0 Å². The van der Waals surface area contributed by atoms with Crippen LogP contribution in [0, 0.1) is 5.92 Å². The largest absolute Gasteiger partial charge is 0.472 e. The highest BCUT2D eigenvalue weighted by molar-refractivity contribution is 7.47. The number of hydrogen-bond donors (Lipinski definition) is 3. The lowest BCUT2D eigenvalue weighted by Gasteiger charge is -2.21. The first-order chi connectivity index (χ1) is 49.5. The molecule has 0 fully saturated rings. The second-order valence-corrected chi connectivity index (χ2v) is 33.3. The fourth-order valence-corrected chi connectivity index (χ4v) is 14.5. The lowest BCUT2D eigenvalue weighted by Crippen LogP contribution is -2.30. The molecule has 0 radical (unpaired) electrons. The van der Waals surface area contributed by atoms with E-state index in [1.54, 1.807) is 0 Å². The van der Waals surface area contributed by atoms with Gasteiger partial charge in [0, 0.05) is 25.7 Å². The van der Waals surface area contributed by atoms with Crippen molar-refractivity contribution in [3.63, 3.8) is 0 Å². The second-order valence-electron chi connectivity index (χ2n) is 30.3. The van der Waals surface area contributed by atoms with Gasteiger partial charge in [-0.05, 0) is 31.6 Å². The van der Waals surface area contributed by atoms with E-state index in [1.165, 1.54) is 270 Å². The summed E-state index contributed by atoms with van der Waals surface area (Å²) in [4.78, 5) is 73.1. The maximum Gasteiger partial charge on any atom is 0.472 e. The van der Waals surface area contributed by atoms with Crippen LogP contribution in [0.25, 0.3) is 0 Å². The first-order valence-electron chi connectivity index (χ1n) is 43.1. The van der Waals surface area contributed by atoms with Gasteiger partial charge in [-0.3, -0.25) is 37.3 Å². The Morgan fingerprint density at radius 1 is 0.265 bits per heavy atom. The van der Waals surface area contributed by atoms with Crippen molar-refractivity contribution >= 4 is 39.5 Å². The molecule has 0 saturated heterocycles. The van der Waals surface area contributed by atoms with Gasteiger partial charge >= 0.3 is 39.5 Å². The van der Waals surface area contributed by atoms with Crippen molar-refractivity contribution in [2.45, 2.75) is 464 Å². The molecule has 606 valence electrons. The molecule has 0 aliphatic carbocycles. The monoisotopic (exact) mass is 1490 g/mol. The third-order valence-corrected chi connectivity index (χ3v) is 21.4. The minimum absolute atomic E-state index is 0.108. The van der Waals surface area contributed by atoms with Gasteiger partial charge in [0.15, 0.2) is 12.2 Å². The number of carbonyl (C=O) groups is 4. The molecule has 0 saturated carbocycles. The Balaban J connectivity index is 5.25. The van der Waals surface area contributed by atoms with Crippen molar-refractivity contribution in [3.05, 3.63) is 0 Å². The molecule has 0 amide bonds. The molecule has 5 atom stereocenters. The van der Waals surface area contributed by atoms with Crippen LogP contribution in [-0.4, -0.2) is 96.7 Å². The number of rotatable bonds is 83. The number of esters is 4. The zero-order valence-electron chi connectivity index (χ0n) is 66.8. The first-order valence-corrected chi connectivity index (χ1v) is 46.1. The molecule has 2 unspecified atom stereocenters. The number of unbranched alkanes of at least 4 members (excludes halogenated alkanes) is 55. The highest BCUT2D eigenvalue weighted by Crippen LogP contribution is 2.45. The number of phosphoric ester groups is 2. The fraction of sp³-hybridized carbons (Fsp3) is 0.952. The van der Waals surface area contributed by atoms with E-state index in [0.717, 1.165) is 95.8 Å². The van der Waals surface area contributed by atoms with Crippen LogP contribution < -0.4 is 0 Å². The summed E-state index contributed by atoms with van der Waals surface area (Å²) < 4.78 is 68.8. The number of phosphoric acid groups is 2. The lowest BCUT2D eigenvalue weighted by molar-refractivity contribution is -0.161. The molecule has 19 heteroatoms. The van der Waals surface area contributed by atoms with Crippen LogP contribution in [0.2, 0.25) is 0 Å². The number of carbonyl (C=O) groups excluding carboxylic acids is 4. The molecular formula is C83H162O17P2. The molecule has 0 rings (SSSR count). The van der Waals surface area contributed by atoms with Crippen molar-refractivity contribution in [2.75, 3.05) is 39.6 Å². The molecule has 0 aromatic rings. The minimum atomic E-state index is -4.96. The quantitative estimate of drug-likeness (QED) is 0.0222. The van der Waals surface area contributed by atoms with E-state index in [-0.39, 0.29) is 25.7 Å². The zero-order valence-corrected chi connectivity index (χ0v) is 68.5. The Morgan fingerprint density at radius 2 is 0.451 bits per heavy atom. The fourth-order valence-electron chi connectivity index (χ4n) is 12.9. The summed E-state index contributed by atoms with van der Waals surface area (Å²) in [5, 5.41) is 10.7. The number of aliphatic hydroxyl groups is 1. The third-order valence-electron chi connectivity index (χ3n) is 19.5. The van der Waals surface area contributed by atoms with E-state index in [0.29, 0.717) is 25.7 Å². The van der Waals surface area contributed by atoms with Crippen LogP contribution in [0.3, 0.4) is 0 Å². The molecule has 0 aliphatic heterocycles. The summed E-state index contributed by atoms with van der Waals surface area (Å²) in [6, 6.07) is 0. The Bertz CT molecular complexity index is 1940. The summed E-state index contributed by atoms with van der Waals surface area (Å²) in [6.45, 7) is 7.32. The van der Waals surface area contributed by atoms with Crippen LogP contribution in [0.1, 0.15) is 446 Å². The van der Waals surface area contributed by atoms with Gasteiger partial charge in [0.05, 0.1) is 26.4 Å². The maximum atomic E-state index is 13.1. The van der Waals surface area contributed by atoms with Crippen molar-refractivity contribution in [1.82, 2.24) is 0 Å². The Hall–Kier alpha value is -1.94. The maximum absolute atomic E-state index is 13.1. The predicted molar refractivity (Wildman–Crippen MR) is 418 cm³/mol. The topological polar surface area (TPSA) is 237 Å². The summed E-state index contributed by atoms with van der Waals surface area (Å²) in [5.41, 5.74) is 0. The molecular weight excluding hydrogens is 1330 g/mol. The van der Waals surface area contributed by atoms with Crippen LogP contribution in [0.4, 0.5) is 0 Å². The molecule has 0 aromatic carbocycles. The summed E-state index contributed by atoms with van der Waals surface area (Å²) in [6.07, 6.45) is 68.0. The Morgan fingerprint density at radius 3 is 0.667 bits per heavy atom. The smallest absolute Gasteiger partial charge is 0.462 e. The van der Waals surface area contributed by atoms with Crippen molar-refractivity contribution < 1.29 is 80.2 Å². The standard InChI is InChI=1S/C83H162O17P2/c1-6-9-12-15-18-21-24-27-30-33-34-35-38-41-44-47-54-59-64-69-82(87)99-78(72-93-80(85)66-61-56-51-45-42-39-36-31-28-25-22-19-16-13-10-7-2)74-97-101(89,90)95-70-77(84)71-96-102(91,92)98-75-79(73-94-81(86)67-62-57-52-49-48-50-55-60-65-76(4)5)100-83(88)68-63-58-53-46-43-40-37-32-29-26-23-20-17-14-11-8-3/h76-79,84H,6-75H2,1-5H3,(H,89,90)(H,91,92)/t77-,78-,79-/m1/s1. The van der Waals surface area contributed by atoms with Gasteiger partial charge in [0.2, 0.25) is 0 Å². The van der Waals surface area contributed by atoms with E-state index in [4.69, 9.17) is 37.0 Å². The molecule has 3 N–H and O–H groups in total. The van der Waals surface area contributed by atoms with Crippen LogP contribution in [-0.2, 0) is 65.4 Å². The van der Waals surface area contributed by atoms with E-state index in [2.05, 4.69) is 34.6 Å². The highest BCUT2D eigenvalue weighted by atomic mass is 31.2. The normalized spacial score (nSPS) is 13.8. The van der Waals surface area contributed by atoms with Crippen molar-refractivity contribution in [1.29, 1.82) is 0 Å². The second kappa shape index (κ2) is 75.9. The summed E-state index contributed by atoms with van der Waals surface area (Å²) in [7, 11) is -9.92.